The number of likely N-dealkylation sites (tertiary alicyclic amines) is 1. The lowest BCUT2D eigenvalue weighted by Gasteiger charge is -2.16. The molecular weight excluding hydrogens is 340 g/mol. The maximum Gasteiger partial charge on any atom is 0.252 e. The van der Waals surface area contributed by atoms with Crippen molar-refractivity contribution < 1.29 is 4.79 Å². The van der Waals surface area contributed by atoms with Gasteiger partial charge in [0.1, 0.15) is 0 Å². The van der Waals surface area contributed by atoms with Crippen LogP contribution in [0.4, 0.5) is 0 Å². The molecule has 1 saturated heterocycles. The first-order chi connectivity index (χ1) is 13.0. The Morgan fingerprint density at radius 2 is 2.15 bits per heavy atom. The van der Waals surface area contributed by atoms with Gasteiger partial charge in [0.05, 0.1) is 18.1 Å². The Bertz CT molecular complexity index is 1060. The number of fused-ring (bicyclic) bond motifs is 1. The van der Waals surface area contributed by atoms with Gasteiger partial charge in [0.15, 0.2) is 5.82 Å². The van der Waals surface area contributed by atoms with Crippen molar-refractivity contribution in [2.75, 3.05) is 13.1 Å². The van der Waals surface area contributed by atoms with E-state index in [1.807, 2.05) is 43.0 Å². The highest BCUT2D eigenvalue weighted by molar-refractivity contribution is 5.78. The fourth-order valence-electron chi connectivity index (χ4n) is 3.65. The van der Waals surface area contributed by atoms with Crippen LogP contribution in [0, 0.1) is 25.2 Å². The molecule has 1 aliphatic heterocycles. The maximum absolute atomic E-state index is 12.7. The van der Waals surface area contributed by atoms with Crippen molar-refractivity contribution in [3.8, 4) is 6.07 Å². The summed E-state index contributed by atoms with van der Waals surface area (Å²) in [5, 5.41) is 13.5. The molecule has 1 amide bonds. The van der Waals surface area contributed by atoms with Gasteiger partial charge < -0.3 is 4.90 Å². The molecule has 0 spiro atoms. The van der Waals surface area contributed by atoms with E-state index in [0.717, 1.165) is 23.4 Å². The summed E-state index contributed by atoms with van der Waals surface area (Å²) in [6.45, 7) is 5.24. The minimum atomic E-state index is 0.0271. The number of aromatic nitrogens is 4. The van der Waals surface area contributed by atoms with Crippen LogP contribution in [0.5, 0.6) is 0 Å². The van der Waals surface area contributed by atoms with Gasteiger partial charge in [-0.25, -0.2) is 9.50 Å². The standard InChI is InChI=1S/C20H20N6O/c1-13-8-14(2)26-20(22-13)23-18(24-26)10-19(27)25-7-6-17(12-25)16-5-3-4-15(9-16)11-21/h3-5,8-9,17H,6-7,10,12H2,1-2H3. The van der Waals surface area contributed by atoms with Crippen molar-refractivity contribution >= 4 is 11.7 Å². The average molecular weight is 360 g/mol. The topological polar surface area (TPSA) is 87.2 Å². The molecule has 0 saturated carbocycles. The summed E-state index contributed by atoms with van der Waals surface area (Å²) >= 11 is 0. The van der Waals surface area contributed by atoms with Gasteiger partial charge in [0.2, 0.25) is 5.91 Å². The van der Waals surface area contributed by atoms with E-state index in [0.29, 0.717) is 30.3 Å². The summed E-state index contributed by atoms with van der Waals surface area (Å²) in [5.41, 5.74) is 3.60. The first kappa shape index (κ1) is 17.2. The van der Waals surface area contributed by atoms with Gasteiger partial charge in [-0.2, -0.15) is 10.2 Å². The number of nitriles is 1. The lowest BCUT2D eigenvalue weighted by Crippen LogP contribution is -2.30. The number of benzene rings is 1. The second-order valence-corrected chi connectivity index (χ2v) is 7.02. The van der Waals surface area contributed by atoms with Crippen molar-refractivity contribution in [3.63, 3.8) is 0 Å². The molecule has 2 aromatic heterocycles. The van der Waals surface area contributed by atoms with Crippen molar-refractivity contribution in [2.24, 2.45) is 0 Å². The molecule has 0 radical (unpaired) electrons. The zero-order valence-corrected chi connectivity index (χ0v) is 15.4. The van der Waals surface area contributed by atoms with Gasteiger partial charge in [-0.1, -0.05) is 12.1 Å². The van der Waals surface area contributed by atoms with Crippen LogP contribution in [0.15, 0.2) is 30.3 Å². The Balaban J connectivity index is 1.46. The molecule has 1 aromatic carbocycles. The number of hydrogen-bond acceptors (Lipinski definition) is 5. The molecule has 1 atom stereocenters. The van der Waals surface area contributed by atoms with Crippen LogP contribution >= 0.6 is 0 Å². The van der Waals surface area contributed by atoms with Gasteiger partial charge in [-0.3, -0.25) is 4.79 Å². The van der Waals surface area contributed by atoms with Gasteiger partial charge in [-0.15, -0.1) is 5.10 Å². The van der Waals surface area contributed by atoms with Gasteiger partial charge >= 0.3 is 0 Å². The first-order valence-electron chi connectivity index (χ1n) is 9.01. The van der Waals surface area contributed by atoms with Gasteiger partial charge in [-0.05, 0) is 44.0 Å². The molecule has 0 aliphatic carbocycles. The van der Waals surface area contributed by atoms with E-state index >= 15 is 0 Å². The molecule has 1 unspecified atom stereocenters. The molecule has 4 rings (SSSR count). The third-order valence-corrected chi connectivity index (χ3v) is 5.00. The minimum Gasteiger partial charge on any atom is -0.342 e. The molecule has 136 valence electrons. The predicted octanol–water partition coefficient (Wildman–Crippen LogP) is 2.17. The predicted molar refractivity (Wildman–Crippen MR) is 99.1 cm³/mol. The van der Waals surface area contributed by atoms with Crippen molar-refractivity contribution in [1.82, 2.24) is 24.5 Å². The fraction of sp³-hybridized carbons (Fsp3) is 0.350. The molecule has 27 heavy (non-hydrogen) atoms. The van der Waals surface area contributed by atoms with E-state index in [2.05, 4.69) is 21.1 Å². The Morgan fingerprint density at radius 1 is 1.30 bits per heavy atom. The molecule has 7 heteroatoms. The third kappa shape index (κ3) is 3.38. The highest BCUT2D eigenvalue weighted by Crippen LogP contribution is 2.28. The Kier molecular flexibility index (Phi) is 4.32. The van der Waals surface area contributed by atoms with E-state index in [9.17, 15) is 4.79 Å². The van der Waals surface area contributed by atoms with E-state index in [1.54, 1.807) is 10.6 Å². The van der Waals surface area contributed by atoms with E-state index < -0.39 is 0 Å². The van der Waals surface area contributed by atoms with Crippen molar-refractivity contribution in [1.29, 1.82) is 5.26 Å². The van der Waals surface area contributed by atoms with Crippen LogP contribution in [0.1, 0.15) is 40.7 Å². The van der Waals surface area contributed by atoms with Crippen LogP contribution in [0.2, 0.25) is 0 Å². The number of hydrogen-bond donors (Lipinski definition) is 0. The molecule has 1 fully saturated rings. The average Bonchev–Trinajstić information content (AvgIpc) is 3.29. The second-order valence-electron chi connectivity index (χ2n) is 7.02. The molecule has 7 nitrogen and oxygen atoms in total. The number of carbonyl (C=O) groups excluding carboxylic acids is 1. The lowest BCUT2D eigenvalue weighted by atomic mass is 9.97. The molecule has 1 aliphatic rings. The van der Waals surface area contributed by atoms with E-state index in [4.69, 9.17) is 5.26 Å². The summed E-state index contributed by atoms with van der Waals surface area (Å²) in [6.07, 6.45) is 1.08. The zero-order chi connectivity index (χ0) is 19.0. The Morgan fingerprint density at radius 3 is 2.96 bits per heavy atom. The smallest absolute Gasteiger partial charge is 0.252 e. The van der Waals surface area contributed by atoms with Crippen molar-refractivity contribution in [2.45, 2.75) is 32.6 Å². The summed E-state index contributed by atoms with van der Waals surface area (Å²) in [5.74, 6) is 1.32. The zero-order valence-electron chi connectivity index (χ0n) is 15.4. The largest absolute Gasteiger partial charge is 0.342 e. The maximum atomic E-state index is 12.7. The second kappa shape index (κ2) is 6.80. The van der Waals surface area contributed by atoms with E-state index in [1.165, 1.54) is 0 Å². The number of rotatable bonds is 3. The minimum absolute atomic E-state index is 0.0271. The first-order valence-corrected chi connectivity index (χ1v) is 9.01. The number of aryl methyl sites for hydroxylation is 2. The number of carbonyl (C=O) groups is 1. The van der Waals surface area contributed by atoms with Crippen LogP contribution in [0.3, 0.4) is 0 Å². The van der Waals surface area contributed by atoms with Crippen LogP contribution in [0.25, 0.3) is 5.78 Å². The van der Waals surface area contributed by atoms with E-state index in [-0.39, 0.29) is 18.2 Å². The highest BCUT2D eigenvalue weighted by atomic mass is 16.2. The summed E-state index contributed by atoms with van der Waals surface area (Å²) < 4.78 is 1.68. The Labute approximate surface area is 157 Å². The highest BCUT2D eigenvalue weighted by Gasteiger charge is 2.28. The fourth-order valence-corrected chi connectivity index (χ4v) is 3.65. The molecular formula is C20H20N6O. The number of nitrogens with zero attached hydrogens (tertiary/aromatic N) is 6. The van der Waals surface area contributed by atoms with Gasteiger partial charge in [0.25, 0.3) is 5.78 Å². The Hall–Kier alpha value is -3.27. The normalized spacial score (nSPS) is 16.6. The van der Waals surface area contributed by atoms with Gasteiger partial charge in [0, 0.05) is 30.4 Å². The quantitative estimate of drug-likeness (QED) is 0.714. The monoisotopic (exact) mass is 360 g/mol. The molecule has 3 aromatic rings. The molecule has 0 bridgehead atoms. The number of amides is 1. The third-order valence-electron chi connectivity index (χ3n) is 5.00. The van der Waals surface area contributed by atoms with Crippen LogP contribution in [-0.4, -0.2) is 43.5 Å². The molecule has 0 N–H and O–H groups in total. The van der Waals surface area contributed by atoms with Crippen LogP contribution in [-0.2, 0) is 11.2 Å². The van der Waals surface area contributed by atoms with Crippen molar-refractivity contribution in [3.05, 3.63) is 58.7 Å². The molecule has 3 heterocycles. The summed E-state index contributed by atoms with van der Waals surface area (Å²) in [7, 11) is 0. The SMILES string of the molecule is Cc1cc(C)n2nc(CC(=O)N3CCC(c4cccc(C#N)c4)C3)nc2n1. The summed E-state index contributed by atoms with van der Waals surface area (Å²) in [4.78, 5) is 23.3. The summed E-state index contributed by atoms with van der Waals surface area (Å²) in [6, 6.07) is 11.8. The lowest BCUT2D eigenvalue weighted by molar-refractivity contribution is -0.129. The van der Waals surface area contributed by atoms with Crippen LogP contribution < -0.4 is 0 Å².